The first-order valence-electron chi connectivity index (χ1n) is 9.21. The molecule has 0 aromatic heterocycles. The molecule has 3 atom stereocenters. The summed E-state index contributed by atoms with van der Waals surface area (Å²) in [5.74, 6) is -0.566. The van der Waals surface area contributed by atoms with Gasteiger partial charge < -0.3 is 14.9 Å². The smallest absolute Gasteiger partial charge is 0.327 e. The van der Waals surface area contributed by atoms with Crippen LogP contribution in [0.4, 0.5) is 4.79 Å². The van der Waals surface area contributed by atoms with Crippen molar-refractivity contribution < 1.29 is 19.5 Å². The summed E-state index contributed by atoms with van der Waals surface area (Å²) in [6, 6.07) is -2.55. The predicted octanol–water partition coefficient (Wildman–Crippen LogP) is -0.283. The average molecular weight is 352 g/mol. The lowest BCUT2D eigenvalue weighted by Gasteiger charge is -2.31. The Hall–Kier alpha value is -1.67. The summed E-state index contributed by atoms with van der Waals surface area (Å²) in [6.45, 7) is 4.42. The molecule has 0 spiro atoms. The highest BCUT2D eigenvalue weighted by Gasteiger charge is 2.53. The summed E-state index contributed by atoms with van der Waals surface area (Å²) in [4.78, 5) is 44.9. The molecule has 0 aromatic rings. The lowest BCUT2D eigenvalue weighted by Crippen LogP contribution is -2.56. The zero-order chi connectivity index (χ0) is 18.1. The van der Waals surface area contributed by atoms with Crippen LogP contribution in [0.2, 0.25) is 0 Å². The van der Waals surface area contributed by atoms with Crippen LogP contribution in [0.1, 0.15) is 32.6 Å². The molecule has 25 heavy (non-hydrogen) atoms. The maximum atomic E-state index is 13.1. The highest BCUT2D eigenvalue weighted by molar-refractivity contribution is 6.04. The second kappa shape index (κ2) is 7.29. The van der Waals surface area contributed by atoms with Crippen LogP contribution in [0.15, 0.2) is 0 Å². The van der Waals surface area contributed by atoms with Crippen molar-refractivity contribution in [1.29, 1.82) is 0 Å². The van der Waals surface area contributed by atoms with E-state index in [4.69, 9.17) is 0 Å². The second-order valence-corrected chi connectivity index (χ2v) is 7.25. The molecule has 0 radical (unpaired) electrons. The number of likely N-dealkylation sites (N-methyl/N-ethyl adjacent to an activating group) is 1. The molecule has 3 heterocycles. The van der Waals surface area contributed by atoms with Gasteiger partial charge >= 0.3 is 6.03 Å². The van der Waals surface area contributed by atoms with Crippen molar-refractivity contribution in [2.24, 2.45) is 0 Å². The summed E-state index contributed by atoms with van der Waals surface area (Å²) in [5.41, 5.74) is 0. The molecule has 3 aliphatic heterocycles. The average Bonchev–Trinajstić information content (AvgIpc) is 3.35. The van der Waals surface area contributed by atoms with E-state index < -0.39 is 24.2 Å². The van der Waals surface area contributed by atoms with E-state index in [0.29, 0.717) is 13.1 Å². The Labute approximate surface area is 148 Å². The number of aliphatic hydroxyl groups is 1. The molecule has 3 aliphatic rings. The van der Waals surface area contributed by atoms with Crippen LogP contribution in [0.5, 0.6) is 0 Å². The van der Waals surface area contributed by atoms with Crippen molar-refractivity contribution in [1.82, 2.24) is 19.6 Å². The topological polar surface area (TPSA) is 84.4 Å². The Morgan fingerprint density at radius 2 is 1.68 bits per heavy atom. The van der Waals surface area contributed by atoms with Crippen molar-refractivity contribution in [2.75, 3.05) is 39.8 Å². The molecular formula is C17H28N4O4. The normalized spacial score (nSPS) is 28.9. The number of likely N-dealkylation sites (tertiary alicyclic amines) is 2. The number of urea groups is 1. The number of nitrogens with zero attached hydrogens (tertiary/aromatic N) is 4. The van der Waals surface area contributed by atoms with Gasteiger partial charge in [0.15, 0.2) is 0 Å². The number of hydrogen-bond donors (Lipinski definition) is 1. The standard InChI is InChI=1S/C17H28N4O4/c1-12(19-7-3-4-8-19)15(23)21-14(13(11-22)18(2)17(21)25)16(24)20-9-5-6-10-20/h12-14,22H,3-11H2,1-2H3/t12?,13-,14-/m0/s1. The third-order valence-corrected chi connectivity index (χ3v) is 5.79. The van der Waals surface area contributed by atoms with Gasteiger partial charge in [-0.1, -0.05) is 0 Å². The number of carbonyl (C=O) groups excluding carboxylic acids is 3. The van der Waals surface area contributed by atoms with Crippen LogP contribution < -0.4 is 0 Å². The number of imide groups is 1. The van der Waals surface area contributed by atoms with E-state index in [1.54, 1.807) is 18.9 Å². The minimum absolute atomic E-state index is 0.226. The van der Waals surface area contributed by atoms with Crippen LogP contribution in [-0.2, 0) is 9.59 Å². The second-order valence-electron chi connectivity index (χ2n) is 7.25. The van der Waals surface area contributed by atoms with E-state index in [1.807, 2.05) is 0 Å². The van der Waals surface area contributed by atoms with E-state index in [2.05, 4.69) is 4.90 Å². The largest absolute Gasteiger partial charge is 0.394 e. The van der Waals surface area contributed by atoms with E-state index >= 15 is 0 Å². The summed E-state index contributed by atoms with van der Waals surface area (Å²) in [5, 5.41) is 9.75. The van der Waals surface area contributed by atoms with Crippen molar-refractivity contribution in [2.45, 2.75) is 50.7 Å². The molecule has 0 aromatic carbocycles. The molecule has 3 fully saturated rings. The van der Waals surface area contributed by atoms with Gasteiger partial charge in [0, 0.05) is 20.1 Å². The first kappa shape index (κ1) is 18.1. The maximum Gasteiger partial charge on any atom is 0.327 e. The summed E-state index contributed by atoms with van der Waals surface area (Å²) in [7, 11) is 1.54. The zero-order valence-corrected chi connectivity index (χ0v) is 15.1. The Morgan fingerprint density at radius 3 is 2.24 bits per heavy atom. The van der Waals surface area contributed by atoms with Gasteiger partial charge in [0.25, 0.3) is 0 Å². The summed E-state index contributed by atoms with van der Waals surface area (Å²) in [6.07, 6.45) is 3.95. The van der Waals surface area contributed by atoms with Crippen LogP contribution >= 0.6 is 0 Å². The minimum atomic E-state index is -0.932. The van der Waals surface area contributed by atoms with Crippen LogP contribution in [-0.4, -0.2) is 101 Å². The Kier molecular flexibility index (Phi) is 5.29. The maximum absolute atomic E-state index is 13.1. The van der Waals surface area contributed by atoms with Crippen LogP contribution in [0.3, 0.4) is 0 Å². The fraction of sp³-hybridized carbons (Fsp3) is 0.824. The molecule has 1 N–H and O–H groups in total. The van der Waals surface area contributed by atoms with E-state index in [9.17, 15) is 19.5 Å². The zero-order valence-electron chi connectivity index (χ0n) is 15.1. The number of hydrogen-bond acceptors (Lipinski definition) is 5. The van der Waals surface area contributed by atoms with Gasteiger partial charge in [-0.15, -0.1) is 0 Å². The Bertz CT molecular complexity index is 543. The number of amides is 4. The molecular weight excluding hydrogens is 324 g/mol. The molecule has 8 nitrogen and oxygen atoms in total. The predicted molar refractivity (Wildman–Crippen MR) is 90.7 cm³/mol. The Morgan fingerprint density at radius 1 is 1.12 bits per heavy atom. The number of carbonyl (C=O) groups is 3. The Balaban J connectivity index is 1.86. The van der Waals surface area contributed by atoms with Crippen molar-refractivity contribution in [3.05, 3.63) is 0 Å². The third-order valence-electron chi connectivity index (χ3n) is 5.79. The molecule has 8 heteroatoms. The number of aliphatic hydroxyl groups excluding tert-OH is 1. The molecule has 0 saturated carbocycles. The molecule has 3 saturated heterocycles. The van der Waals surface area contributed by atoms with E-state index in [0.717, 1.165) is 43.7 Å². The van der Waals surface area contributed by atoms with E-state index in [1.165, 1.54) is 4.90 Å². The van der Waals surface area contributed by atoms with Crippen molar-refractivity contribution in [3.8, 4) is 0 Å². The lowest BCUT2D eigenvalue weighted by atomic mass is 10.1. The number of rotatable bonds is 4. The highest BCUT2D eigenvalue weighted by Crippen LogP contribution is 2.27. The fourth-order valence-corrected chi connectivity index (χ4v) is 4.15. The third kappa shape index (κ3) is 3.13. The lowest BCUT2D eigenvalue weighted by molar-refractivity contribution is -0.144. The summed E-state index contributed by atoms with van der Waals surface area (Å²) < 4.78 is 0. The quantitative estimate of drug-likeness (QED) is 0.752. The first-order valence-corrected chi connectivity index (χ1v) is 9.21. The van der Waals surface area contributed by atoms with Gasteiger partial charge in [-0.2, -0.15) is 0 Å². The van der Waals surface area contributed by atoms with Crippen molar-refractivity contribution >= 4 is 17.8 Å². The molecule has 0 aliphatic carbocycles. The molecule has 4 amide bonds. The van der Waals surface area contributed by atoms with Gasteiger partial charge in [0.1, 0.15) is 6.04 Å². The SMILES string of the molecule is CC(C(=O)N1C(=O)N(C)[C@@H](CO)[C@H]1C(=O)N1CCCC1)N1CCCC1. The van der Waals surface area contributed by atoms with Crippen LogP contribution in [0.25, 0.3) is 0 Å². The van der Waals surface area contributed by atoms with Crippen LogP contribution in [0, 0.1) is 0 Å². The summed E-state index contributed by atoms with van der Waals surface area (Å²) >= 11 is 0. The molecule has 140 valence electrons. The fourth-order valence-electron chi connectivity index (χ4n) is 4.15. The highest BCUT2D eigenvalue weighted by atomic mass is 16.3. The molecule has 0 bridgehead atoms. The monoisotopic (exact) mass is 352 g/mol. The van der Waals surface area contributed by atoms with Gasteiger partial charge in [-0.05, 0) is 45.7 Å². The van der Waals surface area contributed by atoms with Crippen molar-refractivity contribution in [3.63, 3.8) is 0 Å². The van der Waals surface area contributed by atoms with Gasteiger partial charge in [0.2, 0.25) is 11.8 Å². The van der Waals surface area contributed by atoms with Gasteiger partial charge in [-0.25, -0.2) is 9.69 Å². The van der Waals surface area contributed by atoms with Gasteiger partial charge in [0.05, 0.1) is 18.7 Å². The van der Waals surface area contributed by atoms with Gasteiger partial charge in [-0.3, -0.25) is 14.5 Å². The molecule has 3 rings (SSSR count). The first-order chi connectivity index (χ1) is 12.0. The van der Waals surface area contributed by atoms with E-state index in [-0.39, 0.29) is 18.4 Å². The minimum Gasteiger partial charge on any atom is -0.394 e. The molecule has 1 unspecified atom stereocenters.